The first-order valence-corrected chi connectivity index (χ1v) is 7.55. The van der Waals surface area contributed by atoms with Gasteiger partial charge in [-0.3, -0.25) is 4.79 Å². The van der Waals surface area contributed by atoms with E-state index in [0.717, 1.165) is 0 Å². The average Bonchev–Trinajstić information content (AvgIpc) is 2.48. The van der Waals surface area contributed by atoms with Gasteiger partial charge in [-0.2, -0.15) is 0 Å². The monoisotopic (exact) mass is 323 g/mol. The number of ether oxygens (including phenoxy) is 3. The van der Waals surface area contributed by atoms with Crippen molar-refractivity contribution in [2.24, 2.45) is 0 Å². The van der Waals surface area contributed by atoms with Gasteiger partial charge in [0.15, 0.2) is 0 Å². The van der Waals surface area contributed by atoms with Crippen LogP contribution in [-0.2, 0) is 14.3 Å². The highest BCUT2D eigenvalue weighted by atomic mass is 16.5. The molecule has 0 bridgehead atoms. The van der Waals surface area contributed by atoms with Gasteiger partial charge in [0.25, 0.3) is 5.91 Å². The molecule has 1 aromatic carbocycles. The van der Waals surface area contributed by atoms with E-state index in [1.807, 2.05) is 13.8 Å². The molecule has 0 aliphatic carbocycles. The van der Waals surface area contributed by atoms with E-state index in [2.05, 4.69) is 5.32 Å². The summed E-state index contributed by atoms with van der Waals surface area (Å²) in [5.41, 5.74) is -0.232. The van der Waals surface area contributed by atoms with Crippen LogP contribution < -0.4 is 10.1 Å². The molecule has 1 aromatic rings. The van der Waals surface area contributed by atoms with Crippen molar-refractivity contribution in [1.29, 1.82) is 0 Å². The largest absolute Gasteiger partial charge is 0.490 e. The summed E-state index contributed by atoms with van der Waals surface area (Å²) in [7, 11) is 1.46. The van der Waals surface area contributed by atoms with E-state index in [1.54, 1.807) is 39.0 Å². The van der Waals surface area contributed by atoms with Crippen LogP contribution in [0.15, 0.2) is 18.2 Å². The zero-order valence-corrected chi connectivity index (χ0v) is 14.6. The van der Waals surface area contributed by atoms with Crippen LogP contribution in [0.1, 0.15) is 45.0 Å². The first-order valence-electron chi connectivity index (χ1n) is 7.55. The van der Waals surface area contributed by atoms with Crippen molar-refractivity contribution in [3.05, 3.63) is 23.8 Å². The number of carbonyl (C=O) groups excluding carboxylic acids is 2. The molecular weight excluding hydrogens is 298 g/mol. The smallest absolute Gasteiger partial charge is 0.341 e. The molecule has 0 spiro atoms. The van der Waals surface area contributed by atoms with Crippen molar-refractivity contribution in [3.63, 3.8) is 0 Å². The Bertz CT molecular complexity index is 566. The Morgan fingerprint density at radius 2 is 1.91 bits per heavy atom. The highest BCUT2D eigenvalue weighted by Gasteiger charge is 2.27. The number of esters is 1. The van der Waals surface area contributed by atoms with Crippen LogP contribution in [0.25, 0.3) is 0 Å². The number of benzene rings is 1. The van der Waals surface area contributed by atoms with Gasteiger partial charge in [0.2, 0.25) is 0 Å². The summed E-state index contributed by atoms with van der Waals surface area (Å²) in [6, 6.07) is 4.85. The summed E-state index contributed by atoms with van der Waals surface area (Å²) in [5.74, 6) is -0.389. The minimum absolute atomic E-state index is 0.0870. The van der Waals surface area contributed by atoms with Crippen molar-refractivity contribution in [1.82, 2.24) is 0 Å². The highest BCUT2D eigenvalue weighted by Crippen LogP contribution is 2.25. The molecule has 1 N–H and O–H groups in total. The molecule has 0 aromatic heterocycles. The Kier molecular flexibility index (Phi) is 6.57. The van der Waals surface area contributed by atoms with Crippen LogP contribution in [0.4, 0.5) is 5.69 Å². The molecule has 6 nitrogen and oxygen atoms in total. The van der Waals surface area contributed by atoms with Crippen molar-refractivity contribution < 1.29 is 23.8 Å². The second kappa shape index (κ2) is 7.97. The fourth-order valence-electron chi connectivity index (χ4n) is 1.71. The Morgan fingerprint density at radius 1 is 1.26 bits per heavy atom. The molecular formula is C17H25NO5. The Morgan fingerprint density at radius 3 is 2.43 bits per heavy atom. The second-order valence-electron chi connectivity index (χ2n) is 5.77. The molecule has 0 saturated carbocycles. The summed E-state index contributed by atoms with van der Waals surface area (Å²) in [6.45, 7) is 9.04. The quantitative estimate of drug-likeness (QED) is 0.781. The van der Waals surface area contributed by atoms with E-state index >= 15 is 0 Å². The first kappa shape index (κ1) is 19.0. The van der Waals surface area contributed by atoms with Gasteiger partial charge in [-0.25, -0.2) is 4.79 Å². The fraction of sp³-hybridized carbons (Fsp3) is 0.529. The Balaban J connectivity index is 3.10. The third kappa shape index (κ3) is 5.25. The predicted molar refractivity (Wildman–Crippen MR) is 87.9 cm³/mol. The van der Waals surface area contributed by atoms with Crippen molar-refractivity contribution in [3.8, 4) is 5.75 Å². The minimum atomic E-state index is -0.975. The molecule has 0 aliphatic heterocycles. The number of amides is 1. The Hall–Kier alpha value is -2.08. The van der Waals surface area contributed by atoms with Gasteiger partial charge in [-0.1, -0.05) is 0 Å². The summed E-state index contributed by atoms with van der Waals surface area (Å²) in [4.78, 5) is 24.2. The van der Waals surface area contributed by atoms with E-state index in [9.17, 15) is 9.59 Å². The van der Waals surface area contributed by atoms with Crippen LogP contribution in [0.5, 0.6) is 5.75 Å². The van der Waals surface area contributed by atoms with Gasteiger partial charge in [0, 0.05) is 12.8 Å². The maximum Gasteiger partial charge on any atom is 0.341 e. The normalized spacial score (nSPS) is 11.3. The maximum absolute atomic E-state index is 12.2. The average molecular weight is 323 g/mol. The SMILES string of the molecule is CCOC(=O)c1cc(NC(=O)C(C)(C)OC)ccc1OC(C)C. The molecule has 0 unspecified atom stereocenters. The van der Waals surface area contributed by atoms with E-state index in [0.29, 0.717) is 11.4 Å². The molecule has 0 aliphatic rings. The van der Waals surface area contributed by atoms with E-state index in [1.165, 1.54) is 7.11 Å². The third-order valence-corrected chi connectivity index (χ3v) is 3.15. The van der Waals surface area contributed by atoms with Gasteiger partial charge in [-0.05, 0) is 52.8 Å². The van der Waals surface area contributed by atoms with Crippen LogP contribution in [-0.4, -0.2) is 37.3 Å². The number of methoxy groups -OCH3 is 1. The molecule has 0 saturated heterocycles. The van der Waals surface area contributed by atoms with E-state index < -0.39 is 11.6 Å². The number of hydrogen-bond acceptors (Lipinski definition) is 5. The van der Waals surface area contributed by atoms with Crippen LogP contribution in [0, 0.1) is 0 Å². The topological polar surface area (TPSA) is 73.9 Å². The number of anilines is 1. The molecule has 128 valence electrons. The number of nitrogens with one attached hydrogen (secondary N) is 1. The molecule has 0 fully saturated rings. The lowest BCUT2D eigenvalue weighted by Crippen LogP contribution is -2.38. The van der Waals surface area contributed by atoms with Crippen molar-refractivity contribution >= 4 is 17.6 Å². The molecule has 0 atom stereocenters. The minimum Gasteiger partial charge on any atom is -0.490 e. The highest BCUT2D eigenvalue weighted by molar-refractivity contribution is 5.99. The Labute approximate surface area is 137 Å². The van der Waals surface area contributed by atoms with E-state index in [-0.39, 0.29) is 24.2 Å². The number of carbonyl (C=O) groups is 2. The predicted octanol–water partition coefficient (Wildman–Crippen LogP) is 3.01. The number of hydrogen-bond donors (Lipinski definition) is 1. The van der Waals surface area contributed by atoms with E-state index in [4.69, 9.17) is 14.2 Å². The van der Waals surface area contributed by atoms with Gasteiger partial charge in [0.1, 0.15) is 16.9 Å². The van der Waals surface area contributed by atoms with Crippen LogP contribution in [0.2, 0.25) is 0 Å². The summed E-state index contributed by atoms with van der Waals surface area (Å²) in [5, 5.41) is 2.72. The zero-order chi connectivity index (χ0) is 17.6. The molecule has 6 heteroatoms. The van der Waals surface area contributed by atoms with Crippen molar-refractivity contribution in [2.45, 2.75) is 46.3 Å². The van der Waals surface area contributed by atoms with Gasteiger partial charge in [0.05, 0.1) is 12.7 Å². The third-order valence-electron chi connectivity index (χ3n) is 3.15. The lowest BCUT2D eigenvalue weighted by Gasteiger charge is -2.22. The molecule has 0 heterocycles. The molecule has 1 amide bonds. The second-order valence-corrected chi connectivity index (χ2v) is 5.77. The fourth-order valence-corrected chi connectivity index (χ4v) is 1.71. The first-order chi connectivity index (χ1) is 10.7. The molecule has 1 rings (SSSR count). The van der Waals surface area contributed by atoms with Gasteiger partial charge < -0.3 is 19.5 Å². The zero-order valence-electron chi connectivity index (χ0n) is 14.6. The summed E-state index contributed by atoms with van der Waals surface area (Å²) < 4.78 is 15.8. The van der Waals surface area contributed by atoms with Crippen LogP contribution in [0.3, 0.4) is 0 Å². The summed E-state index contributed by atoms with van der Waals surface area (Å²) in [6.07, 6.45) is -0.0870. The van der Waals surface area contributed by atoms with Gasteiger partial charge in [-0.15, -0.1) is 0 Å². The lowest BCUT2D eigenvalue weighted by atomic mass is 10.1. The molecule has 23 heavy (non-hydrogen) atoms. The van der Waals surface area contributed by atoms with Crippen molar-refractivity contribution in [2.75, 3.05) is 19.0 Å². The lowest BCUT2D eigenvalue weighted by molar-refractivity contribution is -0.133. The van der Waals surface area contributed by atoms with Gasteiger partial charge >= 0.3 is 5.97 Å². The number of rotatable bonds is 7. The summed E-state index contributed by atoms with van der Waals surface area (Å²) >= 11 is 0. The standard InChI is InChI=1S/C17H25NO5/c1-7-22-15(19)13-10-12(8-9-14(13)23-11(2)3)18-16(20)17(4,5)21-6/h8-11H,7H2,1-6H3,(H,18,20). The molecule has 0 radical (unpaired) electrons. The maximum atomic E-state index is 12.2. The van der Waals surface area contributed by atoms with Crippen LogP contribution >= 0.6 is 0 Å².